The van der Waals surface area contributed by atoms with Crippen LogP contribution < -0.4 is 11.5 Å². The lowest BCUT2D eigenvalue weighted by Crippen LogP contribution is -2.05. The summed E-state index contributed by atoms with van der Waals surface area (Å²) in [4.78, 5) is 8.91. The minimum Gasteiger partial charge on any atom is -0.458 e. The molecule has 1 aliphatic carbocycles. The maximum absolute atomic E-state index is 6.03. The van der Waals surface area contributed by atoms with Crippen molar-refractivity contribution in [2.75, 3.05) is 11.5 Å². The summed E-state index contributed by atoms with van der Waals surface area (Å²) in [6, 6.07) is 11.7. The number of hydrogen-bond acceptors (Lipinski definition) is 6. The van der Waals surface area contributed by atoms with Gasteiger partial charge in [0.25, 0.3) is 0 Å². The number of anilines is 2. The van der Waals surface area contributed by atoms with Crippen LogP contribution >= 0.6 is 0 Å². The molecule has 27 heavy (non-hydrogen) atoms. The standard InChI is InChI=1S/C20H20N6O/c1-11-5-8-16(27-11)19-24-20(22)23-18-15(10-12-3-2-4-14(21)9-12)17(13-6-7-13)25-26(18)19/h2-5,8-9,13H,6-7,10,21H2,1H3,(H2,22,23). The summed E-state index contributed by atoms with van der Waals surface area (Å²) in [7, 11) is 0. The Morgan fingerprint density at radius 1 is 1.15 bits per heavy atom. The van der Waals surface area contributed by atoms with Crippen LogP contribution in [-0.2, 0) is 6.42 Å². The lowest BCUT2D eigenvalue weighted by atomic mass is 10.0. The molecule has 136 valence electrons. The van der Waals surface area contributed by atoms with Crippen LogP contribution in [0.5, 0.6) is 0 Å². The van der Waals surface area contributed by atoms with Crippen LogP contribution in [0.25, 0.3) is 17.2 Å². The van der Waals surface area contributed by atoms with Gasteiger partial charge < -0.3 is 15.9 Å². The minimum atomic E-state index is 0.211. The van der Waals surface area contributed by atoms with Crippen LogP contribution in [0.15, 0.2) is 40.8 Å². The fraction of sp³-hybridized carbons (Fsp3) is 0.250. The van der Waals surface area contributed by atoms with Crippen LogP contribution in [-0.4, -0.2) is 19.6 Å². The van der Waals surface area contributed by atoms with E-state index in [1.165, 1.54) is 0 Å². The van der Waals surface area contributed by atoms with Crippen LogP contribution in [0.1, 0.15) is 41.3 Å². The third-order valence-electron chi connectivity index (χ3n) is 4.89. The van der Waals surface area contributed by atoms with E-state index in [0.29, 0.717) is 23.9 Å². The molecule has 1 aliphatic rings. The van der Waals surface area contributed by atoms with E-state index in [1.807, 2.05) is 37.3 Å². The molecule has 7 heteroatoms. The molecule has 1 fully saturated rings. The molecule has 0 aliphatic heterocycles. The number of aryl methyl sites for hydroxylation is 1. The zero-order valence-corrected chi connectivity index (χ0v) is 15.0. The molecule has 7 nitrogen and oxygen atoms in total. The van der Waals surface area contributed by atoms with E-state index in [9.17, 15) is 0 Å². The Balaban J connectivity index is 1.72. The molecule has 0 amide bonds. The second-order valence-electron chi connectivity index (χ2n) is 7.11. The molecule has 3 aromatic heterocycles. The molecule has 0 saturated heterocycles. The van der Waals surface area contributed by atoms with E-state index < -0.39 is 0 Å². The van der Waals surface area contributed by atoms with Crippen LogP contribution in [0.2, 0.25) is 0 Å². The second-order valence-corrected chi connectivity index (χ2v) is 7.11. The number of furan rings is 1. The van der Waals surface area contributed by atoms with E-state index in [4.69, 9.17) is 21.0 Å². The molecule has 4 aromatic rings. The topological polar surface area (TPSA) is 108 Å². The molecule has 0 radical (unpaired) electrons. The fourth-order valence-corrected chi connectivity index (χ4v) is 3.49. The molecule has 0 spiro atoms. The Morgan fingerprint density at radius 2 is 2.00 bits per heavy atom. The van der Waals surface area contributed by atoms with Gasteiger partial charge in [-0.3, -0.25) is 0 Å². The third-order valence-corrected chi connectivity index (χ3v) is 4.89. The molecular weight excluding hydrogens is 340 g/mol. The van der Waals surface area contributed by atoms with Gasteiger partial charge >= 0.3 is 0 Å². The largest absolute Gasteiger partial charge is 0.458 e. The number of nitrogen functional groups attached to an aromatic ring is 2. The number of aromatic nitrogens is 4. The minimum absolute atomic E-state index is 0.211. The fourth-order valence-electron chi connectivity index (χ4n) is 3.49. The Morgan fingerprint density at radius 3 is 2.70 bits per heavy atom. The van der Waals surface area contributed by atoms with Gasteiger partial charge in [0.15, 0.2) is 11.4 Å². The highest BCUT2D eigenvalue weighted by atomic mass is 16.3. The van der Waals surface area contributed by atoms with Gasteiger partial charge in [-0.2, -0.15) is 19.6 Å². The number of nitrogens with two attached hydrogens (primary N) is 2. The maximum Gasteiger partial charge on any atom is 0.224 e. The highest BCUT2D eigenvalue weighted by Crippen LogP contribution is 2.42. The Hall–Kier alpha value is -3.35. The molecule has 0 bridgehead atoms. The second kappa shape index (κ2) is 5.84. The van der Waals surface area contributed by atoms with Crippen LogP contribution in [0.4, 0.5) is 11.6 Å². The van der Waals surface area contributed by atoms with Crippen molar-refractivity contribution in [1.82, 2.24) is 19.6 Å². The van der Waals surface area contributed by atoms with Crippen molar-refractivity contribution in [2.45, 2.75) is 32.1 Å². The van der Waals surface area contributed by atoms with Crippen molar-refractivity contribution in [3.8, 4) is 11.6 Å². The van der Waals surface area contributed by atoms with Gasteiger partial charge in [-0.25, -0.2) is 0 Å². The molecule has 3 heterocycles. The first-order valence-corrected chi connectivity index (χ1v) is 9.05. The number of hydrogen-bond donors (Lipinski definition) is 2. The van der Waals surface area contributed by atoms with Crippen LogP contribution in [0.3, 0.4) is 0 Å². The quantitative estimate of drug-likeness (QED) is 0.540. The van der Waals surface area contributed by atoms with Gasteiger partial charge in [0.1, 0.15) is 5.76 Å². The monoisotopic (exact) mass is 360 g/mol. The van der Waals surface area contributed by atoms with E-state index in [2.05, 4.69) is 16.0 Å². The van der Waals surface area contributed by atoms with Crippen molar-refractivity contribution in [2.24, 2.45) is 0 Å². The number of benzene rings is 1. The lowest BCUT2D eigenvalue weighted by molar-refractivity contribution is 0.541. The van der Waals surface area contributed by atoms with Crippen molar-refractivity contribution >= 4 is 17.3 Å². The van der Waals surface area contributed by atoms with Crippen molar-refractivity contribution < 1.29 is 4.42 Å². The zero-order chi connectivity index (χ0) is 18.5. The van der Waals surface area contributed by atoms with E-state index in [0.717, 1.165) is 46.8 Å². The van der Waals surface area contributed by atoms with Crippen molar-refractivity contribution in [3.05, 3.63) is 59.0 Å². The van der Waals surface area contributed by atoms with E-state index in [-0.39, 0.29) is 5.95 Å². The molecule has 1 aromatic carbocycles. The molecule has 0 atom stereocenters. The Labute approximate surface area is 156 Å². The first-order chi connectivity index (χ1) is 13.1. The maximum atomic E-state index is 6.03. The number of rotatable bonds is 4. The van der Waals surface area contributed by atoms with Gasteiger partial charge in [-0.05, 0) is 49.6 Å². The van der Waals surface area contributed by atoms with Gasteiger partial charge in [0, 0.05) is 23.6 Å². The predicted octanol–water partition coefficient (Wildman–Crippen LogP) is 3.33. The molecule has 0 unspecified atom stereocenters. The Bertz CT molecular complexity index is 1150. The third kappa shape index (κ3) is 2.81. The average molecular weight is 360 g/mol. The lowest BCUT2D eigenvalue weighted by Gasteiger charge is -2.05. The first-order valence-electron chi connectivity index (χ1n) is 9.05. The Kier molecular flexibility index (Phi) is 3.43. The van der Waals surface area contributed by atoms with Gasteiger partial charge in [0.2, 0.25) is 11.8 Å². The van der Waals surface area contributed by atoms with E-state index in [1.54, 1.807) is 4.52 Å². The van der Waals surface area contributed by atoms with Gasteiger partial charge in [0.05, 0.1) is 5.69 Å². The molecule has 1 saturated carbocycles. The van der Waals surface area contributed by atoms with Gasteiger partial charge in [-0.15, -0.1) is 0 Å². The van der Waals surface area contributed by atoms with Crippen molar-refractivity contribution in [1.29, 1.82) is 0 Å². The van der Waals surface area contributed by atoms with E-state index >= 15 is 0 Å². The normalized spacial score (nSPS) is 14.1. The predicted molar refractivity (Wildman–Crippen MR) is 103 cm³/mol. The summed E-state index contributed by atoms with van der Waals surface area (Å²) < 4.78 is 7.54. The number of fused-ring (bicyclic) bond motifs is 1. The average Bonchev–Trinajstić information content (AvgIpc) is 3.30. The summed E-state index contributed by atoms with van der Waals surface area (Å²) in [5.74, 6) is 2.70. The summed E-state index contributed by atoms with van der Waals surface area (Å²) in [6.45, 7) is 1.90. The smallest absolute Gasteiger partial charge is 0.224 e. The molecule has 5 rings (SSSR count). The summed E-state index contributed by atoms with van der Waals surface area (Å²) in [6.07, 6.45) is 2.99. The van der Waals surface area contributed by atoms with Gasteiger partial charge in [-0.1, -0.05) is 12.1 Å². The SMILES string of the molecule is Cc1ccc(-c2nc(N)nc3c(Cc4cccc(N)c4)c(C4CC4)nn23)o1. The summed E-state index contributed by atoms with van der Waals surface area (Å²) in [5.41, 5.74) is 16.8. The van der Waals surface area contributed by atoms with Crippen LogP contribution in [0, 0.1) is 6.92 Å². The summed E-state index contributed by atoms with van der Waals surface area (Å²) >= 11 is 0. The summed E-state index contributed by atoms with van der Waals surface area (Å²) in [5, 5.41) is 4.86. The highest BCUT2D eigenvalue weighted by molar-refractivity contribution is 5.62. The number of nitrogens with zero attached hydrogens (tertiary/aromatic N) is 4. The first kappa shape index (κ1) is 15.9. The van der Waals surface area contributed by atoms with Crippen molar-refractivity contribution in [3.63, 3.8) is 0 Å². The zero-order valence-electron chi connectivity index (χ0n) is 15.0. The molecular formula is C20H20N6O. The highest BCUT2D eigenvalue weighted by Gasteiger charge is 2.32. The molecule has 4 N–H and O–H groups in total.